The number of hydrogen-bond acceptors (Lipinski definition) is 5. The van der Waals surface area contributed by atoms with E-state index in [1.165, 1.54) is 6.07 Å². The number of aliphatic hydroxyl groups excluding tert-OH is 1. The summed E-state index contributed by atoms with van der Waals surface area (Å²) >= 11 is 0. The number of nitrogens with two attached hydrogens (primary N) is 2. The maximum absolute atomic E-state index is 11.2. The first-order valence-corrected chi connectivity index (χ1v) is 6.48. The highest BCUT2D eigenvalue weighted by atomic mass is 16.3. The molecule has 1 atom stereocenters. The van der Waals surface area contributed by atoms with Gasteiger partial charge in [0.05, 0.1) is 11.8 Å². The van der Waals surface area contributed by atoms with E-state index in [4.69, 9.17) is 11.5 Å². The van der Waals surface area contributed by atoms with Crippen molar-refractivity contribution in [3.8, 4) is 0 Å². The SMILES string of the molecule is CC(O)C1CCN(c2nc(C(N)=O)ccc2N)CC1. The number of anilines is 2. The van der Waals surface area contributed by atoms with Crippen molar-refractivity contribution in [3.63, 3.8) is 0 Å². The van der Waals surface area contributed by atoms with E-state index in [1.807, 2.05) is 11.8 Å². The van der Waals surface area contributed by atoms with E-state index in [-0.39, 0.29) is 11.8 Å². The van der Waals surface area contributed by atoms with E-state index in [1.54, 1.807) is 6.07 Å². The van der Waals surface area contributed by atoms with E-state index in [0.717, 1.165) is 25.9 Å². The van der Waals surface area contributed by atoms with Gasteiger partial charge in [-0.25, -0.2) is 4.98 Å². The zero-order chi connectivity index (χ0) is 14.0. The molecule has 1 fully saturated rings. The molecule has 6 nitrogen and oxygen atoms in total. The molecule has 1 aromatic heterocycles. The number of carbonyl (C=O) groups excluding carboxylic acids is 1. The highest BCUT2D eigenvalue weighted by molar-refractivity contribution is 5.91. The molecule has 0 bridgehead atoms. The normalized spacial score (nSPS) is 18.3. The molecule has 19 heavy (non-hydrogen) atoms. The summed E-state index contributed by atoms with van der Waals surface area (Å²) in [5.41, 5.74) is 11.9. The summed E-state index contributed by atoms with van der Waals surface area (Å²) in [4.78, 5) is 17.4. The molecule has 1 aromatic rings. The second-order valence-electron chi connectivity index (χ2n) is 5.04. The molecule has 5 N–H and O–H groups in total. The number of hydrogen-bond donors (Lipinski definition) is 3. The van der Waals surface area contributed by atoms with E-state index in [9.17, 15) is 9.90 Å². The van der Waals surface area contributed by atoms with E-state index in [2.05, 4.69) is 4.98 Å². The molecule has 0 radical (unpaired) electrons. The lowest BCUT2D eigenvalue weighted by atomic mass is 9.92. The van der Waals surface area contributed by atoms with E-state index < -0.39 is 5.91 Å². The molecule has 1 amide bonds. The van der Waals surface area contributed by atoms with Gasteiger partial charge in [0, 0.05) is 13.1 Å². The predicted octanol–water partition coefficient (Wildman–Crippen LogP) is 0.360. The van der Waals surface area contributed by atoms with Crippen LogP contribution in [0.15, 0.2) is 12.1 Å². The standard InChI is InChI=1S/C13H20N4O2/c1-8(18)9-4-6-17(7-5-9)13-10(14)2-3-11(16-13)12(15)19/h2-3,8-9,18H,4-7,14H2,1H3,(H2,15,19). The molecule has 6 heteroatoms. The van der Waals surface area contributed by atoms with Crippen molar-refractivity contribution in [2.75, 3.05) is 23.7 Å². The topological polar surface area (TPSA) is 105 Å². The molecule has 1 unspecified atom stereocenters. The highest BCUT2D eigenvalue weighted by Gasteiger charge is 2.24. The number of pyridine rings is 1. The number of nitrogens with zero attached hydrogens (tertiary/aromatic N) is 2. The maximum atomic E-state index is 11.2. The van der Waals surface area contributed by atoms with Crippen molar-refractivity contribution in [1.82, 2.24) is 4.98 Å². The van der Waals surface area contributed by atoms with Crippen LogP contribution in [0.25, 0.3) is 0 Å². The second-order valence-corrected chi connectivity index (χ2v) is 5.04. The Labute approximate surface area is 112 Å². The Morgan fingerprint density at radius 3 is 2.63 bits per heavy atom. The number of primary amides is 1. The van der Waals surface area contributed by atoms with Crippen LogP contribution < -0.4 is 16.4 Å². The minimum absolute atomic E-state index is 0.224. The van der Waals surface area contributed by atoms with Crippen LogP contribution in [0.2, 0.25) is 0 Å². The fraction of sp³-hybridized carbons (Fsp3) is 0.538. The van der Waals surface area contributed by atoms with Crippen molar-refractivity contribution < 1.29 is 9.90 Å². The summed E-state index contributed by atoms with van der Waals surface area (Å²) in [6.45, 7) is 3.37. The molecule has 2 rings (SSSR count). The van der Waals surface area contributed by atoms with Gasteiger partial charge in [0.25, 0.3) is 5.91 Å². The van der Waals surface area contributed by atoms with Gasteiger partial charge in [0.1, 0.15) is 5.69 Å². The van der Waals surface area contributed by atoms with Crippen LogP contribution in [0.1, 0.15) is 30.3 Å². The Balaban J connectivity index is 2.15. The van der Waals surface area contributed by atoms with Crippen LogP contribution in [-0.2, 0) is 0 Å². The van der Waals surface area contributed by atoms with Crippen molar-refractivity contribution in [1.29, 1.82) is 0 Å². The van der Waals surface area contributed by atoms with Gasteiger partial charge in [-0.05, 0) is 37.8 Å². The number of aromatic nitrogens is 1. The number of nitrogen functional groups attached to an aromatic ring is 1. The number of rotatable bonds is 3. The molecule has 2 heterocycles. The van der Waals surface area contributed by atoms with Gasteiger partial charge in [-0.15, -0.1) is 0 Å². The van der Waals surface area contributed by atoms with Crippen LogP contribution in [0.5, 0.6) is 0 Å². The van der Waals surface area contributed by atoms with Crippen molar-refractivity contribution in [2.24, 2.45) is 11.7 Å². The van der Waals surface area contributed by atoms with E-state index >= 15 is 0 Å². The number of aliphatic hydroxyl groups is 1. The highest BCUT2D eigenvalue weighted by Crippen LogP contribution is 2.27. The molecule has 1 saturated heterocycles. The summed E-state index contributed by atoms with van der Waals surface area (Å²) in [7, 11) is 0. The Hall–Kier alpha value is -1.82. The molecule has 0 spiro atoms. The minimum atomic E-state index is -0.555. The summed E-state index contributed by atoms with van der Waals surface area (Å²) in [6, 6.07) is 3.19. The molecular weight excluding hydrogens is 244 g/mol. The Bertz CT molecular complexity index is 468. The third-order valence-corrected chi connectivity index (χ3v) is 3.68. The maximum Gasteiger partial charge on any atom is 0.267 e. The average Bonchev–Trinajstić information content (AvgIpc) is 2.39. The van der Waals surface area contributed by atoms with Gasteiger partial charge in [0.15, 0.2) is 5.82 Å². The zero-order valence-electron chi connectivity index (χ0n) is 11.0. The summed E-state index contributed by atoms with van der Waals surface area (Å²) in [5.74, 6) is 0.372. The third kappa shape index (κ3) is 2.96. The quantitative estimate of drug-likeness (QED) is 0.731. The fourth-order valence-electron chi connectivity index (χ4n) is 2.44. The van der Waals surface area contributed by atoms with Gasteiger partial charge in [-0.1, -0.05) is 0 Å². The first-order chi connectivity index (χ1) is 8.99. The summed E-state index contributed by atoms with van der Waals surface area (Å²) in [6.07, 6.45) is 1.49. The smallest absolute Gasteiger partial charge is 0.267 e. The average molecular weight is 264 g/mol. The third-order valence-electron chi connectivity index (χ3n) is 3.68. The van der Waals surface area contributed by atoms with Gasteiger partial charge in [0.2, 0.25) is 0 Å². The molecule has 1 aliphatic rings. The molecule has 104 valence electrons. The lowest BCUT2D eigenvalue weighted by Crippen LogP contribution is -2.38. The summed E-state index contributed by atoms with van der Waals surface area (Å²) < 4.78 is 0. The van der Waals surface area contributed by atoms with Gasteiger partial charge in [-0.2, -0.15) is 0 Å². The van der Waals surface area contributed by atoms with Gasteiger partial charge < -0.3 is 21.5 Å². The van der Waals surface area contributed by atoms with Crippen LogP contribution in [0.3, 0.4) is 0 Å². The van der Waals surface area contributed by atoms with Crippen LogP contribution >= 0.6 is 0 Å². The number of piperidine rings is 1. The largest absolute Gasteiger partial charge is 0.396 e. The Morgan fingerprint density at radius 2 is 2.11 bits per heavy atom. The summed E-state index contributed by atoms with van der Waals surface area (Å²) in [5, 5.41) is 9.59. The lowest BCUT2D eigenvalue weighted by Gasteiger charge is -2.34. The van der Waals surface area contributed by atoms with Gasteiger partial charge in [-0.3, -0.25) is 4.79 Å². The van der Waals surface area contributed by atoms with Crippen LogP contribution in [-0.4, -0.2) is 35.2 Å². The molecule has 0 saturated carbocycles. The van der Waals surface area contributed by atoms with Crippen molar-refractivity contribution in [2.45, 2.75) is 25.9 Å². The molecule has 1 aliphatic heterocycles. The Kier molecular flexibility index (Phi) is 3.90. The molecular formula is C13H20N4O2. The van der Waals surface area contributed by atoms with Gasteiger partial charge >= 0.3 is 0 Å². The van der Waals surface area contributed by atoms with E-state index in [0.29, 0.717) is 17.4 Å². The molecule has 0 aromatic carbocycles. The Morgan fingerprint density at radius 1 is 1.47 bits per heavy atom. The second kappa shape index (κ2) is 5.44. The predicted molar refractivity (Wildman–Crippen MR) is 73.8 cm³/mol. The van der Waals surface area contributed by atoms with Crippen LogP contribution in [0.4, 0.5) is 11.5 Å². The molecule has 0 aliphatic carbocycles. The lowest BCUT2D eigenvalue weighted by molar-refractivity contribution is 0.0995. The van der Waals surface area contributed by atoms with Crippen molar-refractivity contribution >= 4 is 17.4 Å². The number of carbonyl (C=O) groups is 1. The monoisotopic (exact) mass is 264 g/mol. The first-order valence-electron chi connectivity index (χ1n) is 6.48. The van der Waals surface area contributed by atoms with Crippen molar-refractivity contribution in [3.05, 3.63) is 17.8 Å². The minimum Gasteiger partial charge on any atom is -0.396 e. The zero-order valence-corrected chi connectivity index (χ0v) is 11.0. The number of amides is 1. The fourth-order valence-corrected chi connectivity index (χ4v) is 2.44. The first kappa shape index (κ1) is 13.6. The van der Waals surface area contributed by atoms with Crippen LogP contribution in [0, 0.1) is 5.92 Å².